The van der Waals surface area contributed by atoms with Crippen LogP contribution < -0.4 is 11.3 Å². The fourth-order valence-electron chi connectivity index (χ4n) is 4.12. The van der Waals surface area contributed by atoms with Crippen LogP contribution in [0.4, 0.5) is 0 Å². The van der Waals surface area contributed by atoms with E-state index in [2.05, 4.69) is 0 Å². The number of carbonyl (C=O) groups excluding carboxylic acids is 2. The molecule has 144 valence electrons. The third-order valence-corrected chi connectivity index (χ3v) is 6.96. The highest BCUT2D eigenvalue weighted by Gasteiger charge is 2.29. The molecule has 0 unspecified atom stereocenters. The molecule has 2 aliphatic heterocycles. The number of fused-ring (bicyclic) bond motifs is 2. The number of nitrogens with zero attached hydrogens (tertiary/aromatic N) is 3. The second kappa shape index (κ2) is 7.07. The zero-order valence-electron chi connectivity index (χ0n) is 15.5. The van der Waals surface area contributed by atoms with Gasteiger partial charge in [0.25, 0.3) is 11.5 Å². The molecular formula is C19H24N4O3S. The minimum absolute atomic E-state index is 0.0165. The summed E-state index contributed by atoms with van der Waals surface area (Å²) in [5.74, 6) is 0.323. The van der Waals surface area contributed by atoms with E-state index in [9.17, 15) is 14.4 Å². The Morgan fingerprint density at radius 3 is 2.59 bits per heavy atom. The monoisotopic (exact) mass is 388 g/mol. The summed E-state index contributed by atoms with van der Waals surface area (Å²) in [5.41, 5.74) is 6.09. The number of piperidine rings is 1. The molecule has 7 nitrogen and oxygen atoms in total. The molecule has 0 spiro atoms. The molecule has 8 heteroatoms. The van der Waals surface area contributed by atoms with Crippen molar-refractivity contribution in [1.29, 1.82) is 0 Å². The molecule has 2 aliphatic rings. The highest BCUT2D eigenvalue weighted by atomic mass is 32.1. The van der Waals surface area contributed by atoms with E-state index in [-0.39, 0.29) is 23.3 Å². The number of hydrogen-bond acceptors (Lipinski definition) is 5. The number of aromatic nitrogens is 2. The summed E-state index contributed by atoms with van der Waals surface area (Å²) in [6.07, 6.45) is 5.15. The van der Waals surface area contributed by atoms with Crippen LogP contribution in [0.5, 0.6) is 0 Å². The van der Waals surface area contributed by atoms with Gasteiger partial charge in [-0.25, -0.2) is 4.98 Å². The van der Waals surface area contributed by atoms with Crippen LogP contribution in [-0.4, -0.2) is 39.4 Å². The largest absolute Gasteiger partial charge is 0.369 e. The number of thiophene rings is 1. The lowest BCUT2D eigenvalue weighted by atomic mass is 9.96. The topological polar surface area (TPSA) is 98.3 Å². The van der Waals surface area contributed by atoms with Crippen LogP contribution in [0.2, 0.25) is 0 Å². The predicted octanol–water partition coefficient (Wildman–Crippen LogP) is 1.83. The Bertz CT molecular complexity index is 969. The summed E-state index contributed by atoms with van der Waals surface area (Å²) >= 11 is 1.32. The standard InChI is InChI=1S/C19H24N4O3S/c1-11-14-17(21-13-5-3-2-4-8-23(13)18(14)25)27-15(11)19(26)22-9-6-12(7-10-22)16(20)24/h12H,2-10H2,1H3,(H2,20,24). The minimum atomic E-state index is -0.293. The number of aryl methyl sites for hydroxylation is 2. The van der Waals surface area contributed by atoms with Crippen LogP contribution in [-0.2, 0) is 17.8 Å². The summed E-state index contributed by atoms with van der Waals surface area (Å²) in [7, 11) is 0. The number of primary amides is 1. The van der Waals surface area contributed by atoms with Gasteiger partial charge < -0.3 is 10.6 Å². The molecular weight excluding hydrogens is 364 g/mol. The predicted molar refractivity (Wildman–Crippen MR) is 104 cm³/mol. The number of carbonyl (C=O) groups is 2. The zero-order valence-corrected chi connectivity index (χ0v) is 16.3. The van der Waals surface area contributed by atoms with Crippen LogP contribution in [0.1, 0.15) is 53.2 Å². The lowest BCUT2D eigenvalue weighted by molar-refractivity contribution is -0.123. The Morgan fingerprint density at radius 1 is 1.15 bits per heavy atom. The molecule has 0 aromatic carbocycles. The van der Waals surface area contributed by atoms with Gasteiger partial charge in [0.15, 0.2) is 0 Å². The fraction of sp³-hybridized carbons (Fsp3) is 0.579. The SMILES string of the molecule is Cc1c(C(=O)N2CCC(C(N)=O)CC2)sc2nc3n(c(=O)c12)CCCCC3. The van der Waals surface area contributed by atoms with Crippen LogP contribution in [0, 0.1) is 12.8 Å². The second-order valence-electron chi connectivity index (χ2n) is 7.50. The Kier molecular flexibility index (Phi) is 4.75. The smallest absolute Gasteiger partial charge is 0.264 e. The molecule has 1 fully saturated rings. The van der Waals surface area contributed by atoms with E-state index in [1.54, 1.807) is 9.47 Å². The molecule has 0 atom stereocenters. The summed E-state index contributed by atoms with van der Waals surface area (Å²) < 4.78 is 1.79. The molecule has 2 aromatic heterocycles. The maximum Gasteiger partial charge on any atom is 0.264 e. The Labute approximate surface area is 161 Å². The molecule has 0 bridgehead atoms. The number of likely N-dealkylation sites (tertiary alicyclic amines) is 1. The van der Waals surface area contributed by atoms with E-state index in [0.29, 0.717) is 47.6 Å². The van der Waals surface area contributed by atoms with Crippen LogP contribution >= 0.6 is 11.3 Å². The van der Waals surface area contributed by atoms with Gasteiger partial charge in [0.05, 0.1) is 10.3 Å². The van der Waals surface area contributed by atoms with Crippen molar-refractivity contribution >= 4 is 33.4 Å². The molecule has 1 saturated heterocycles. The van der Waals surface area contributed by atoms with Gasteiger partial charge in [0.1, 0.15) is 10.7 Å². The summed E-state index contributed by atoms with van der Waals surface area (Å²) in [5, 5.41) is 0.584. The van der Waals surface area contributed by atoms with Gasteiger partial charge in [-0.15, -0.1) is 11.3 Å². The van der Waals surface area contributed by atoms with Crippen molar-refractivity contribution in [2.75, 3.05) is 13.1 Å². The van der Waals surface area contributed by atoms with Crippen LogP contribution in [0.3, 0.4) is 0 Å². The second-order valence-corrected chi connectivity index (χ2v) is 8.50. The summed E-state index contributed by atoms with van der Waals surface area (Å²) in [6, 6.07) is 0. The van der Waals surface area contributed by atoms with E-state index in [1.807, 2.05) is 6.92 Å². The van der Waals surface area contributed by atoms with E-state index < -0.39 is 0 Å². The normalized spacial score (nSPS) is 18.3. The van der Waals surface area contributed by atoms with Gasteiger partial charge in [0, 0.05) is 32.0 Å². The highest BCUT2D eigenvalue weighted by Crippen LogP contribution is 2.30. The molecule has 0 saturated carbocycles. The van der Waals surface area contributed by atoms with Crippen molar-refractivity contribution in [3.05, 3.63) is 26.6 Å². The fourth-order valence-corrected chi connectivity index (χ4v) is 5.28. The molecule has 27 heavy (non-hydrogen) atoms. The van der Waals surface area contributed by atoms with Gasteiger partial charge >= 0.3 is 0 Å². The van der Waals surface area contributed by atoms with Crippen molar-refractivity contribution in [2.24, 2.45) is 11.7 Å². The van der Waals surface area contributed by atoms with E-state index in [1.165, 1.54) is 11.3 Å². The number of nitrogens with two attached hydrogens (primary N) is 1. The molecule has 4 rings (SSSR count). The first kappa shape index (κ1) is 18.2. The van der Waals surface area contributed by atoms with Crippen molar-refractivity contribution in [2.45, 2.75) is 52.0 Å². The van der Waals surface area contributed by atoms with Crippen LogP contribution in [0.25, 0.3) is 10.2 Å². The van der Waals surface area contributed by atoms with E-state index >= 15 is 0 Å². The molecule has 0 aliphatic carbocycles. The average Bonchev–Trinajstić information content (AvgIpc) is 2.83. The van der Waals surface area contributed by atoms with Gasteiger partial charge in [-0.2, -0.15) is 0 Å². The Balaban J connectivity index is 1.68. The third kappa shape index (κ3) is 3.16. The maximum absolute atomic E-state index is 13.0. The average molecular weight is 388 g/mol. The summed E-state index contributed by atoms with van der Waals surface area (Å²) in [4.78, 5) is 45.2. The third-order valence-electron chi connectivity index (χ3n) is 5.79. The van der Waals surface area contributed by atoms with Crippen molar-refractivity contribution < 1.29 is 9.59 Å². The number of rotatable bonds is 2. The van der Waals surface area contributed by atoms with E-state index in [4.69, 9.17) is 10.7 Å². The van der Waals surface area contributed by atoms with Gasteiger partial charge in [-0.3, -0.25) is 19.0 Å². The van der Waals surface area contributed by atoms with Crippen molar-refractivity contribution in [3.8, 4) is 0 Å². The van der Waals surface area contributed by atoms with Gasteiger partial charge in [-0.1, -0.05) is 6.42 Å². The molecule has 2 aromatic rings. The van der Waals surface area contributed by atoms with Crippen molar-refractivity contribution in [1.82, 2.24) is 14.5 Å². The molecule has 2 amide bonds. The minimum Gasteiger partial charge on any atom is -0.369 e. The zero-order chi connectivity index (χ0) is 19.1. The van der Waals surface area contributed by atoms with Gasteiger partial charge in [-0.05, 0) is 38.2 Å². The molecule has 4 heterocycles. The Hall–Kier alpha value is -2.22. The first-order chi connectivity index (χ1) is 13.0. The number of hydrogen-bond donors (Lipinski definition) is 1. The quantitative estimate of drug-likeness (QED) is 0.848. The number of amides is 2. The highest BCUT2D eigenvalue weighted by molar-refractivity contribution is 7.20. The first-order valence-electron chi connectivity index (χ1n) is 9.58. The molecule has 2 N–H and O–H groups in total. The van der Waals surface area contributed by atoms with E-state index in [0.717, 1.165) is 37.1 Å². The molecule has 0 radical (unpaired) electrons. The van der Waals surface area contributed by atoms with Gasteiger partial charge in [0.2, 0.25) is 5.91 Å². The Morgan fingerprint density at radius 2 is 1.89 bits per heavy atom. The van der Waals surface area contributed by atoms with Crippen molar-refractivity contribution in [3.63, 3.8) is 0 Å². The van der Waals surface area contributed by atoms with Crippen LogP contribution in [0.15, 0.2) is 4.79 Å². The lowest BCUT2D eigenvalue weighted by Gasteiger charge is -2.30. The maximum atomic E-state index is 13.0. The lowest BCUT2D eigenvalue weighted by Crippen LogP contribution is -2.41. The summed E-state index contributed by atoms with van der Waals surface area (Å²) in [6.45, 7) is 3.58. The first-order valence-corrected chi connectivity index (χ1v) is 10.4.